The molecule has 3 aromatic heterocycles. The van der Waals surface area contributed by atoms with Gasteiger partial charge in [-0.25, -0.2) is 4.98 Å². The van der Waals surface area contributed by atoms with Gasteiger partial charge in [0.15, 0.2) is 0 Å². The minimum Gasteiger partial charge on any atom is -0.385 e. The van der Waals surface area contributed by atoms with Crippen LogP contribution >= 0.6 is 11.3 Å². The first-order valence-corrected chi connectivity index (χ1v) is 12.2. The summed E-state index contributed by atoms with van der Waals surface area (Å²) in [6.45, 7) is 6.92. The number of nitrogens with zero attached hydrogens (tertiary/aromatic N) is 2. The highest BCUT2D eigenvalue weighted by Crippen LogP contribution is 2.38. The van der Waals surface area contributed by atoms with Crippen LogP contribution in [0, 0.1) is 6.92 Å². The van der Waals surface area contributed by atoms with Gasteiger partial charge in [-0.05, 0) is 56.6 Å². The number of anilines is 1. The number of pyridine rings is 1. The van der Waals surface area contributed by atoms with Gasteiger partial charge in [0.2, 0.25) is 0 Å². The van der Waals surface area contributed by atoms with Gasteiger partial charge in [0.25, 0.3) is 17.5 Å². The molecule has 0 unspecified atom stereocenters. The molecule has 4 rings (SSSR count). The van der Waals surface area contributed by atoms with Crippen molar-refractivity contribution in [2.24, 2.45) is 0 Å². The van der Waals surface area contributed by atoms with Crippen LogP contribution < -0.4 is 10.6 Å². The van der Waals surface area contributed by atoms with Crippen molar-refractivity contribution >= 4 is 39.3 Å². The summed E-state index contributed by atoms with van der Waals surface area (Å²) in [7, 11) is 1.64. The molecule has 33 heavy (non-hydrogen) atoms. The second kappa shape index (κ2) is 10.0. The van der Waals surface area contributed by atoms with E-state index in [1.807, 2.05) is 13.8 Å². The molecule has 0 bridgehead atoms. The van der Waals surface area contributed by atoms with Crippen LogP contribution in [0.15, 0.2) is 10.6 Å². The quantitative estimate of drug-likeness (QED) is 0.466. The minimum absolute atomic E-state index is 0.119. The van der Waals surface area contributed by atoms with E-state index in [1.54, 1.807) is 20.1 Å². The molecule has 0 aromatic carbocycles. The standard InChI is InChI=1S/C24H30N4O4S/c1-13(2)17-12-16(19-14(3)28-32-23(19)26-17)21(29)27-24-20(22(30)25-10-7-11-31-4)15-8-5-6-9-18(15)33-24/h12-13H,5-11H2,1-4H3,(H,25,30)(H,27,29). The van der Waals surface area contributed by atoms with E-state index in [0.29, 0.717) is 46.1 Å². The predicted molar refractivity (Wildman–Crippen MR) is 128 cm³/mol. The normalized spacial score (nSPS) is 13.4. The summed E-state index contributed by atoms with van der Waals surface area (Å²) in [6.07, 6.45) is 4.66. The fraction of sp³-hybridized carbons (Fsp3) is 0.500. The summed E-state index contributed by atoms with van der Waals surface area (Å²) in [5.74, 6) is -0.318. The number of amides is 2. The molecule has 176 valence electrons. The van der Waals surface area contributed by atoms with Crippen LogP contribution in [-0.2, 0) is 17.6 Å². The van der Waals surface area contributed by atoms with Crippen molar-refractivity contribution in [1.82, 2.24) is 15.5 Å². The van der Waals surface area contributed by atoms with Crippen molar-refractivity contribution in [2.45, 2.75) is 58.8 Å². The fourth-order valence-corrected chi connectivity index (χ4v) is 5.44. The van der Waals surface area contributed by atoms with Crippen molar-refractivity contribution in [3.63, 3.8) is 0 Å². The predicted octanol–water partition coefficient (Wildman–Crippen LogP) is 4.61. The number of fused-ring (bicyclic) bond motifs is 2. The molecule has 2 N–H and O–H groups in total. The van der Waals surface area contributed by atoms with Gasteiger partial charge in [-0.3, -0.25) is 9.59 Å². The number of thiophene rings is 1. The Morgan fingerprint density at radius 2 is 2.03 bits per heavy atom. The molecule has 8 nitrogen and oxygen atoms in total. The highest BCUT2D eigenvalue weighted by atomic mass is 32.1. The van der Waals surface area contributed by atoms with Gasteiger partial charge in [-0.15, -0.1) is 11.3 Å². The lowest BCUT2D eigenvalue weighted by molar-refractivity contribution is 0.0948. The van der Waals surface area contributed by atoms with E-state index in [2.05, 4.69) is 20.8 Å². The first-order valence-electron chi connectivity index (χ1n) is 11.4. The third kappa shape index (κ3) is 4.79. The average Bonchev–Trinajstić information content (AvgIpc) is 3.36. The molecule has 3 heterocycles. The molecule has 9 heteroatoms. The number of carbonyl (C=O) groups excluding carboxylic acids is 2. The fourth-order valence-electron chi connectivity index (χ4n) is 4.16. The number of rotatable bonds is 8. The Morgan fingerprint density at radius 3 is 2.79 bits per heavy atom. The number of nitrogens with one attached hydrogen (secondary N) is 2. The van der Waals surface area contributed by atoms with E-state index in [0.717, 1.165) is 43.4 Å². The monoisotopic (exact) mass is 470 g/mol. The number of aromatic nitrogens is 2. The second-order valence-electron chi connectivity index (χ2n) is 8.67. The Bertz CT molecular complexity index is 1180. The maximum atomic E-state index is 13.5. The van der Waals surface area contributed by atoms with E-state index in [-0.39, 0.29) is 17.7 Å². The van der Waals surface area contributed by atoms with Gasteiger partial charge in [-0.1, -0.05) is 19.0 Å². The Kier molecular flexibility index (Phi) is 7.09. The van der Waals surface area contributed by atoms with Crippen LogP contribution in [0.1, 0.15) is 81.6 Å². The SMILES string of the molecule is COCCCNC(=O)c1c(NC(=O)c2cc(C(C)C)nc3onc(C)c23)sc2c1CCCC2. The lowest BCUT2D eigenvalue weighted by Gasteiger charge is -2.13. The van der Waals surface area contributed by atoms with Crippen molar-refractivity contribution in [3.05, 3.63) is 39.0 Å². The van der Waals surface area contributed by atoms with E-state index in [1.165, 1.54) is 16.2 Å². The summed E-state index contributed by atoms with van der Waals surface area (Å²) in [5, 5.41) is 11.2. The topological polar surface area (TPSA) is 106 Å². The zero-order chi connectivity index (χ0) is 23.5. The van der Waals surface area contributed by atoms with E-state index in [9.17, 15) is 9.59 Å². The van der Waals surface area contributed by atoms with E-state index >= 15 is 0 Å². The molecule has 1 aliphatic rings. The molecule has 0 saturated heterocycles. The van der Waals surface area contributed by atoms with Crippen LogP contribution in [0.2, 0.25) is 0 Å². The van der Waals surface area contributed by atoms with Crippen molar-refractivity contribution in [2.75, 3.05) is 25.6 Å². The molecule has 3 aromatic rings. The summed E-state index contributed by atoms with van der Waals surface area (Å²) in [6, 6.07) is 1.80. The van der Waals surface area contributed by atoms with Gasteiger partial charge in [0.05, 0.1) is 22.2 Å². The van der Waals surface area contributed by atoms with Crippen molar-refractivity contribution in [1.29, 1.82) is 0 Å². The van der Waals surface area contributed by atoms with E-state index in [4.69, 9.17) is 9.26 Å². The average molecular weight is 471 g/mol. The van der Waals surface area contributed by atoms with Crippen LogP contribution in [0.5, 0.6) is 0 Å². The molecular weight excluding hydrogens is 440 g/mol. The van der Waals surface area contributed by atoms with Crippen molar-refractivity contribution < 1.29 is 18.8 Å². The maximum absolute atomic E-state index is 13.5. The molecule has 0 radical (unpaired) electrons. The highest BCUT2D eigenvalue weighted by Gasteiger charge is 2.28. The number of ether oxygens (including phenoxy) is 1. The molecular formula is C24H30N4O4S. The first kappa shape index (κ1) is 23.4. The Morgan fingerprint density at radius 1 is 1.24 bits per heavy atom. The van der Waals surface area contributed by atoms with Crippen LogP contribution in [0.4, 0.5) is 5.00 Å². The molecule has 0 spiro atoms. The van der Waals surface area contributed by atoms with Crippen LogP contribution in [0.3, 0.4) is 0 Å². The number of hydrogen-bond donors (Lipinski definition) is 2. The lowest BCUT2D eigenvalue weighted by atomic mass is 9.95. The van der Waals surface area contributed by atoms with Gasteiger partial charge in [0, 0.05) is 30.8 Å². The van der Waals surface area contributed by atoms with Gasteiger partial charge in [-0.2, -0.15) is 0 Å². The summed E-state index contributed by atoms with van der Waals surface area (Å²) >= 11 is 1.51. The van der Waals surface area contributed by atoms with Crippen LogP contribution in [-0.4, -0.2) is 42.2 Å². The van der Waals surface area contributed by atoms with Gasteiger partial charge >= 0.3 is 0 Å². The summed E-state index contributed by atoms with van der Waals surface area (Å²) in [4.78, 5) is 32.3. The zero-order valence-electron chi connectivity index (χ0n) is 19.5. The molecule has 0 saturated carbocycles. The summed E-state index contributed by atoms with van der Waals surface area (Å²) in [5.41, 5.74) is 3.84. The van der Waals surface area contributed by atoms with Crippen LogP contribution in [0.25, 0.3) is 11.1 Å². The first-order chi connectivity index (χ1) is 15.9. The number of hydrogen-bond acceptors (Lipinski definition) is 7. The maximum Gasteiger partial charge on any atom is 0.259 e. The molecule has 2 amide bonds. The van der Waals surface area contributed by atoms with Gasteiger partial charge in [0.1, 0.15) is 5.00 Å². The third-order valence-corrected chi connectivity index (χ3v) is 7.12. The minimum atomic E-state index is -0.289. The Balaban J connectivity index is 1.68. The third-order valence-electron chi connectivity index (χ3n) is 5.91. The molecule has 0 atom stereocenters. The summed E-state index contributed by atoms with van der Waals surface area (Å²) < 4.78 is 10.4. The molecule has 0 fully saturated rings. The Labute approximate surface area is 197 Å². The largest absolute Gasteiger partial charge is 0.385 e. The van der Waals surface area contributed by atoms with Crippen molar-refractivity contribution in [3.8, 4) is 0 Å². The number of carbonyl (C=O) groups is 2. The lowest BCUT2D eigenvalue weighted by Crippen LogP contribution is -2.27. The molecule has 0 aliphatic heterocycles. The second-order valence-corrected chi connectivity index (χ2v) is 9.77. The van der Waals surface area contributed by atoms with E-state index < -0.39 is 0 Å². The number of methoxy groups -OCH3 is 1. The van der Waals surface area contributed by atoms with Gasteiger partial charge < -0.3 is 19.9 Å². The smallest absolute Gasteiger partial charge is 0.259 e. The zero-order valence-corrected chi connectivity index (χ0v) is 20.4. The number of aryl methyl sites for hydroxylation is 2. The Hall–Kier alpha value is -2.78. The molecule has 1 aliphatic carbocycles. The highest BCUT2D eigenvalue weighted by molar-refractivity contribution is 7.17.